The molecule has 0 heterocycles. The number of nitrogens with two attached hydrogens (primary N) is 1. The van der Waals surface area contributed by atoms with Crippen LogP contribution in [0.3, 0.4) is 0 Å². The first-order chi connectivity index (χ1) is 13.7. The molecule has 4 fully saturated rings. The molecule has 0 aliphatic heterocycles. The Balaban J connectivity index is 0.000000166. The second kappa shape index (κ2) is 9.08. The minimum Gasteiger partial charge on any atom is -0.369 e. The Hall–Kier alpha value is -0.890. The lowest BCUT2D eigenvalue weighted by molar-refractivity contribution is -0.145. The maximum absolute atomic E-state index is 11.6. The SMILES string of the molecule is CC(C)(C=O)NSc1ccc(Br)cc1.CNC1C2CC3CC1CC(C(N)=O)(C3)C2. The van der Waals surface area contributed by atoms with Gasteiger partial charge in [0.2, 0.25) is 5.91 Å². The Labute approximate surface area is 186 Å². The topological polar surface area (TPSA) is 84.2 Å². The largest absolute Gasteiger partial charge is 0.369 e. The van der Waals surface area contributed by atoms with Crippen LogP contribution in [0.1, 0.15) is 46.0 Å². The van der Waals surface area contributed by atoms with Crippen molar-refractivity contribution in [2.75, 3.05) is 7.05 Å². The van der Waals surface area contributed by atoms with Crippen LogP contribution in [-0.2, 0) is 9.59 Å². The predicted molar refractivity (Wildman–Crippen MR) is 121 cm³/mol. The molecule has 160 valence electrons. The molecule has 2 atom stereocenters. The molecule has 1 aromatic rings. The molecule has 1 aromatic carbocycles. The molecule has 5 rings (SSSR count). The highest BCUT2D eigenvalue weighted by molar-refractivity contribution is 9.10. The summed E-state index contributed by atoms with van der Waals surface area (Å²) in [7, 11) is 2.06. The van der Waals surface area contributed by atoms with Crippen LogP contribution >= 0.6 is 27.9 Å². The van der Waals surface area contributed by atoms with Crippen molar-refractivity contribution in [3.63, 3.8) is 0 Å². The molecule has 1 amide bonds. The molecular weight excluding hydrogens is 450 g/mol. The Bertz CT molecular complexity index is 724. The van der Waals surface area contributed by atoms with Gasteiger partial charge >= 0.3 is 0 Å². The second-order valence-corrected chi connectivity index (χ2v) is 11.2. The van der Waals surface area contributed by atoms with Crippen LogP contribution in [0.15, 0.2) is 33.6 Å². The molecule has 0 spiro atoms. The quantitative estimate of drug-likeness (QED) is 0.423. The van der Waals surface area contributed by atoms with Crippen LogP contribution in [0.2, 0.25) is 0 Å². The van der Waals surface area contributed by atoms with Gasteiger partial charge in [-0.05, 0) is 107 Å². The minimum atomic E-state index is -0.488. The van der Waals surface area contributed by atoms with E-state index < -0.39 is 5.54 Å². The molecule has 5 nitrogen and oxygen atoms in total. The normalized spacial score (nSPS) is 32.4. The van der Waals surface area contributed by atoms with E-state index in [1.165, 1.54) is 24.8 Å². The predicted octanol–water partition coefficient (Wildman–Crippen LogP) is 3.91. The van der Waals surface area contributed by atoms with Gasteiger partial charge in [-0.25, -0.2) is 4.72 Å². The standard InChI is InChI=1S/C12H20N2O.C10H12BrNOS/c1-14-10-8-2-7-3-9(10)6-12(4-7,5-8)11(13)15;1-10(2,7-13)12-14-9-5-3-8(11)4-6-9/h7-10,14H,2-6H2,1H3,(H2,13,15);3-7,12H,1-2H3. The van der Waals surface area contributed by atoms with Crippen molar-refractivity contribution < 1.29 is 9.59 Å². The average Bonchev–Trinajstić information content (AvgIpc) is 2.67. The van der Waals surface area contributed by atoms with E-state index in [0.717, 1.165) is 40.8 Å². The summed E-state index contributed by atoms with van der Waals surface area (Å²) in [4.78, 5) is 23.4. The summed E-state index contributed by atoms with van der Waals surface area (Å²) in [6, 6.07) is 8.57. The summed E-state index contributed by atoms with van der Waals surface area (Å²) in [5.41, 5.74) is 5.01. The number of benzene rings is 1. The molecule has 4 N–H and O–H groups in total. The van der Waals surface area contributed by atoms with Crippen molar-refractivity contribution in [3.05, 3.63) is 28.7 Å². The zero-order valence-corrected chi connectivity index (χ0v) is 19.8. The third-order valence-corrected chi connectivity index (χ3v) is 8.33. The van der Waals surface area contributed by atoms with E-state index in [2.05, 4.69) is 33.0 Å². The van der Waals surface area contributed by atoms with Crippen molar-refractivity contribution in [2.24, 2.45) is 28.9 Å². The lowest BCUT2D eigenvalue weighted by atomic mass is 9.47. The van der Waals surface area contributed by atoms with Crippen LogP contribution in [0.4, 0.5) is 0 Å². The highest BCUT2D eigenvalue weighted by Gasteiger charge is 2.57. The fourth-order valence-electron chi connectivity index (χ4n) is 5.51. The Morgan fingerprint density at radius 1 is 1.21 bits per heavy atom. The zero-order chi connectivity index (χ0) is 21.2. The smallest absolute Gasteiger partial charge is 0.223 e. The van der Waals surface area contributed by atoms with Gasteiger partial charge in [0, 0.05) is 20.8 Å². The molecule has 4 aliphatic carbocycles. The van der Waals surface area contributed by atoms with E-state index in [1.807, 2.05) is 38.1 Å². The number of carbonyl (C=O) groups is 2. The number of aldehydes is 1. The number of rotatable bonds is 6. The Morgan fingerprint density at radius 3 is 2.28 bits per heavy atom. The van der Waals surface area contributed by atoms with Crippen LogP contribution in [0.5, 0.6) is 0 Å². The van der Waals surface area contributed by atoms with Crippen LogP contribution in [-0.4, -0.2) is 30.8 Å². The van der Waals surface area contributed by atoms with E-state index in [0.29, 0.717) is 17.9 Å². The lowest BCUT2D eigenvalue weighted by Gasteiger charge is -2.58. The maximum atomic E-state index is 11.6. The van der Waals surface area contributed by atoms with Crippen molar-refractivity contribution >= 4 is 40.1 Å². The molecule has 29 heavy (non-hydrogen) atoms. The monoisotopic (exact) mass is 481 g/mol. The Kier molecular flexibility index (Phi) is 7.14. The highest BCUT2D eigenvalue weighted by atomic mass is 79.9. The van der Waals surface area contributed by atoms with Crippen LogP contribution in [0.25, 0.3) is 0 Å². The van der Waals surface area contributed by atoms with E-state index in [4.69, 9.17) is 5.73 Å². The Morgan fingerprint density at radius 2 is 1.79 bits per heavy atom. The summed E-state index contributed by atoms with van der Waals surface area (Å²) in [5, 5.41) is 3.45. The first-order valence-corrected chi connectivity index (χ1v) is 11.9. The van der Waals surface area contributed by atoms with Crippen molar-refractivity contribution in [1.29, 1.82) is 0 Å². The number of primary amides is 1. The second-order valence-electron chi connectivity index (χ2n) is 9.43. The molecule has 4 bridgehead atoms. The molecular formula is C22H32BrN3O2S. The van der Waals surface area contributed by atoms with Crippen molar-refractivity contribution in [3.8, 4) is 0 Å². The summed E-state index contributed by atoms with van der Waals surface area (Å²) >= 11 is 4.82. The van der Waals surface area contributed by atoms with Gasteiger partial charge in [-0.3, -0.25) is 4.79 Å². The van der Waals surface area contributed by atoms with E-state index in [1.54, 1.807) is 0 Å². The third kappa shape index (κ3) is 5.24. The average molecular weight is 482 g/mol. The number of halogens is 1. The van der Waals surface area contributed by atoms with E-state index >= 15 is 0 Å². The van der Waals surface area contributed by atoms with Crippen LogP contribution < -0.4 is 15.8 Å². The van der Waals surface area contributed by atoms with Gasteiger partial charge in [-0.2, -0.15) is 0 Å². The number of hydrogen-bond donors (Lipinski definition) is 3. The first kappa shape index (κ1) is 22.8. The molecule has 4 saturated carbocycles. The van der Waals surface area contributed by atoms with E-state index in [9.17, 15) is 9.59 Å². The number of carbonyl (C=O) groups excluding carboxylic acids is 2. The zero-order valence-electron chi connectivity index (χ0n) is 17.4. The van der Waals surface area contributed by atoms with Gasteiger partial charge in [-0.15, -0.1) is 0 Å². The van der Waals surface area contributed by atoms with Gasteiger partial charge in [0.1, 0.15) is 6.29 Å². The third-order valence-electron chi connectivity index (χ3n) is 6.67. The van der Waals surface area contributed by atoms with E-state index in [-0.39, 0.29) is 11.3 Å². The maximum Gasteiger partial charge on any atom is 0.223 e. The number of amides is 1. The van der Waals surface area contributed by atoms with Gasteiger partial charge in [0.05, 0.1) is 5.54 Å². The van der Waals surface area contributed by atoms with Gasteiger partial charge in [-0.1, -0.05) is 15.9 Å². The highest BCUT2D eigenvalue weighted by Crippen LogP contribution is 2.59. The van der Waals surface area contributed by atoms with Crippen molar-refractivity contribution in [2.45, 2.75) is 62.4 Å². The van der Waals surface area contributed by atoms with Crippen molar-refractivity contribution in [1.82, 2.24) is 10.0 Å². The summed E-state index contributed by atoms with van der Waals surface area (Å²) in [6.45, 7) is 3.68. The lowest BCUT2D eigenvalue weighted by Crippen LogP contribution is -2.60. The summed E-state index contributed by atoms with van der Waals surface area (Å²) in [5.74, 6) is 2.15. The van der Waals surface area contributed by atoms with Gasteiger partial charge in [0.15, 0.2) is 0 Å². The van der Waals surface area contributed by atoms with Crippen LogP contribution in [0, 0.1) is 23.2 Å². The summed E-state index contributed by atoms with van der Waals surface area (Å²) in [6.07, 6.45) is 6.69. The van der Waals surface area contributed by atoms with Gasteiger partial charge < -0.3 is 15.8 Å². The fourth-order valence-corrected chi connectivity index (χ4v) is 6.48. The molecule has 0 radical (unpaired) electrons. The van der Waals surface area contributed by atoms with Gasteiger partial charge in [0.25, 0.3) is 0 Å². The molecule has 2 unspecified atom stereocenters. The fraction of sp³-hybridized carbons (Fsp3) is 0.636. The minimum absolute atomic E-state index is 0.0311. The number of hydrogen-bond acceptors (Lipinski definition) is 5. The first-order valence-electron chi connectivity index (χ1n) is 10.3. The molecule has 0 aromatic heterocycles. The summed E-state index contributed by atoms with van der Waals surface area (Å²) < 4.78 is 4.13. The molecule has 0 saturated heterocycles. The number of nitrogens with one attached hydrogen (secondary N) is 2. The molecule has 4 aliphatic rings. The molecule has 7 heteroatoms.